The van der Waals surface area contributed by atoms with E-state index in [0.717, 1.165) is 0 Å². The van der Waals surface area contributed by atoms with E-state index in [1.807, 2.05) is 12.1 Å². The molecule has 51 heavy (non-hydrogen) atoms. The summed E-state index contributed by atoms with van der Waals surface area (Å²) in [7, 11) is -8.23. The standard InChI is InChI=1S/C37H20N6O4S2.Pd.Pt/c44-48(45,27-9-5-7-25(19-27)33-11-1-3-17-39-33)29-13-15-31-32-16-14-30(22-36(32)43(35(31)21-29)37-41-23-38-24-42-37)49(46,47)28-10-6-8-26(20-28)34-12-2-4-18-40-34;;/h1-18,23-24H;;/q-4;2*+2. The molecule has 0 radical (unpaired) electrons. The Balaban J connectivity index is 0.00000224. The number of pyridine rings is 2. The molecular formula is C37H20N6O4PdPtS2. The van der Waals surface area contributed by atoms with Crippen molar-refractivity contribution in [3.63, 3.8) is 0 Å². The Morgan fingerprint density at radius 1 is 0.490 bits per heavy atom. The van der Waals surface area contributed by atoms with Crippen molar-refractivity contribution in [3.8, 4) is 28.5 Å². The predicted molar refractivity (Wildman–Crippen MR) is 180 cm³/mol. The Labute approximate surface area is 321 Å². The third-order valence-electron chi connectivity index (χ3n) is 7.79. The number of sulfone groups is 2. The number of nitrogens with zero attached hydrogens (tertiary/aromatic N) is 6. The molecule has 0 aliphatic heterocycles. The monoisotopic (exact) mass is 977 g/mol. The summed E-state index contributed by atoms with van der Waals surface area (Å²) < 4.78 is 57.4. The third kappa shape index (κ3) is 6.60. The molecule has 10 nitrogen and oxygen atoms in total. The van der Waals surface area contributed by atoms with Gasteiger partial charge in [-0.25, -0.2) is 31.8 Å². The summed E-state index contributed by atoms with van der Waals surface area (Å²) in [4.78, 5) is 20.7. The average molecular weight is 978 g/mol. The summed E-state index contributed by atoms with van der Waals surface area (Å²) in [5, 5.41) is 1.17. The summed E-state index contributed by atoms with van der Waals surface area (Å²) in [6.45, 7) is 0. The molecule has 4 aromatic carbocycles. The van der Waals surface area contributed by atoms with Crippen LogP contribution in [0, 0.1) is 24.3 Å². The fourth-order valence-corrected chi connectivity index (χ4v) is 7.91. The minimum Gasteiger partial charge on any atom is -0.328 e. The van der Waals surface area contributed by atoms with Gasteiger partial charge in [0.05, 0.1) is 0 Å². The van der Waals surface area contributed by atoms with E-state index in [1.54, 1.807) is 73.1 Å². The largest absolute Gasteiger partial charge is 2.00 e. The normalized spacial score (nSPS) is 11.5. The van der Waals surface area contributed by atoms with Gasteiger partial charge in [0.25, 0.3) is 0 Å². The molecule has 0 N–H and O–H groups in total. The van der Waals surface area contributed by atoms with Gasteiger partial charge in [-0.05, 0) is 43.1 Å². The molecule has 0 spiro atoms. The first-order valence-corrected chi connectivity index (χ1v) is 17.7. The van der Waals surface area contributed by atoms with Gasteiger partial charge in [-0.1, -0.05) is 35.3 Å². The Hall–Kier alpha value is -4.76. The van der Waals surface area contributed by atoms with E-state index in [2.05, 4.69) is 49.2 Å². The zero-order valence-electron chi connectivity index (χ0n) is 25.8. The van der Waals surface area contributed by atoms with Crippen molar-refractivity contribution in [2.24, 2.45) is 0 Å². The first-order chi connectivity index (χ1) is 23.8. The number of hydrogen-bond donors (Lipinski definition) is 0. The van der Waals surface area contributed by atoms with Crippen LogP contribution in [-0.2, 0) is 61.2 Å². The molecule has 0 saturated carbocycles. The van der Waals surface area contributed by atoms with Crippen molar-refractivity contribution < 1.29 is 58.3 Å². The number of fused-ring (bicyclic) bond motifs is 3. The van der Waals surface area contributed by atoms with Gasteiger partial charge in [-0.3, -0.25) is 0 Å². The van der Waals surface area contributed by atoms with Crippen LogP contribution < -0.4 is 0 Å². The molecule has 0 unspecified atom stereocenters. The fraction of sp³-hybridized carbons (Fsp3) is 0. The second-order valence-electron chi connectivity index (χ2n) is 10.7. The fourth-order valence-electron chi connectivity index (χ4n) is 5.48. The second kappa shape index (κ2) is 14.5. The Morgan fingerprint density at radius 2 is 0.941 bits per heavy atom. The van der Waals surface area contributed by atoms with E-state index in [9.17, 15) is 16.8 Å². The van der Waals surface area contributed by atoms with E-state index >= 15 is 0 Å². The molecule has 0 atom stereocenters. The molecule has 0 aliphatic rings. The Bertz CT molecular complexity index is 2580. The van der Waals surface area contributed by atoms with Crippen molar-refractivity contribution in [3.05, 3.63) is 146 Å². The van der Waals surface area contributed by atoms with E-state index in [1.165, 1.54) is 41.5 Å². The second-order valence-corrected chi connectivity index (χ2v) is 14.5. The van der Waals surface area contributed by atoms with Gasteiger partial charge in [0.15, 0.2) is 19.7 Å². The first kappa shape index (κ1) is 36.0. The Kier molecular flexibility index (Phi) is 10.2. The molecule has 0 amide bonds. The van der Waals surface area contributed by atoms with E-state index in [-0.39, 0.29) is 67.0 Å². The van der Waals surface area contributed by atoms with Crippen molar-refractivity contribution in [1.82, 2.24) is 29.5 Å². The minimum absolute atomic E-state index is 0. The third-order valence-corrected chi connectivity index (χ3v) is 11.1. The predicted octanol–water partition coefficient (Wildman–Crippen LogP) is 5.95. The van der Waals surface area contributed by atoms with Crippen LogP contribution in [0.1, 0.15) is 0 Å². The molecule has 8 aromatic rings. The van der Waals surface area contributed by atoms with Crippen LogP contribution in [0.15, 0.2) is 142 Å². The number of benzene rings is 4. The number of aromatic nitrogens is 6. The summed E-state index contributed by atoms with van der Waals surface area (Å²) in [6.07, 6.45) is 5.82. The maximum absolute atomic E-state index is 14.0. The molecule has 4 aromatic heterocycles. The molecule has 8 rings (SSSR count). The quantitative estimate of drug-likeness (QED) is 0.140. The summed E-state index contributed by atoms with van der Waals surface area (Å²) in [5.74, 6) is 0.124. The van der Waals surface area contributed by atoms with Gasteiger partial charge in [0.1, 0.15) is 12.7 Å². The summed E-state index contributed by atoms with van der Waals surface area (Å²) in [6, 6.07) is 38.7. The van der Waals surface area contributed by atoms with Crippen LogP contribution in [0.25, 0.3) is 50.3 Å². The number of hydrogen-bond acceptors (Lipinski definition) is 9. The van der Waals surface area contributed by atoms with Gasteiger partial charge >= 0.3 is 41.5 Å². The van der Waals surface area contributed by atoms with Crippen molar-refractivity contribution in [2.45, 2.75) is 19.6 Å². The molecule has 0 saturated heterocycles. The van der Waals surface area contributed by atoms with Gasteiger partial charge in [0, 0.05) is 12.4 Å². The van der Waals surface area contributed by atoms with Crippen LogP contribution in [0.4, 0.5) is 0 Å². The van der Waals surface area contributed by atoms with Crippen molar-refractivity contribution in [1.29, 1.82) is 0 Å². The van der Waals surface area contributed by atoms with Crippen molar-refractivity contribution in [2.75, 3.05) is 0 Å². The van der Waals surface area contributed by atoms with Crippen LogP contribution in [-0.4, -0.2) is 46.3 Å². The zero-order chi connectivity index (χ0) is 33.6. The van der Waals surface area contributed by atoms with Gasteiger partial charge in [0.2, 0.25) is 5.95 Å². The molecule has 14 heteroatoms. The average Bonchev–Trinajstić information content (AvgIpc) is 3.49. The van der Waals surface area contributed by atoms with Crippen molar-refractivity contribution >= 4 is 41.5 Å². The zero-order valence-corrected chi connectivity index (χ0v) is 31.3. The summed E-state index contributed by atoms with van der Waals surface area (Å²) in [5.41, 5.74) is 2.81. The SMILES string of the molecule is O=S(=O)(c1[c-]c(-c2ccccn2)ccc1)c1[c-]c2c(cc1)c1ccc(S(=O)(=O)c3[c-]c(-c4ccccn4)ccc3)[c-]c1n2-c1ncncn1.[Pd+2].[Pt+2]. The summed E-state index contributed by atoms with van der Waals surface area (Å²) >= 11 is 0. The molecule has 0 aliphatic carbocycles. The molecule has 0 fully saturated rings. The molecule has 0 bridgehead atoms. The maximum atomic E-state index is 14.0. The van der Waals surface area contributed by atoms with Gasteiger partial charge in [-0.15, -0.1) is 71.8 Å². The van der Waals surface area contributed by atoms with Gasteiger partial charge < -0.3 is 14.5 Å². The van der Waals surface area contributed by atoms with E-state index < -0.39 is 19.7 Å². The van der Waals surface area contributed by atoms with E-state index in [4.69, 9.17) is 0 Å². The van der Waals surface area contributed by atoms with Crippen LogP contribution >= 0.6 is 0 Å². The first-order valence-electron chi connectivity index (χ1n) is 14.7. The van der Waals surface area contributed by atoms with E-state index in [0.29, 0.717) is 44.3 Å². The smallest absolute Gasteiger partial charge is 0.328 e. The molecule has 254 valence electrons. The number of rotatable bonds is 7. The van der Waals surface area contributed by atoms with Crippen LogP contribution in [0.2, 0.25) is 0 Å². The molecule has 4 heterocycles. The molecular weight excluding hydrogens is 958 g/mol. The minimum atomic E-state index is -4.11. The van der Waals surface area contributed by atoms with Crippen LogP contribution in [0.3, 0.4) is 0 Å². The topological polar surface area (TPSA) is 138 Å². The maximum Gasteiger partial charge on any atom is 2.00 e. The van der Waals surface area contributed by atoms with Crippen LogP contribution in [0.5, 0.6) is 0 Å². The van der Waals surface area contributed by atoms with Gasteiger partial charge in [-0.2, -0.15) is 35.0 Å². The Morgan fingerprint density at radius 3 is 1.37 bits per heavy atom.